The quantitative estimate of drug-likeness (QED) is 0.828. The number of hydrogen-bond acceptors (Lipinski definition) is 2. The van der Waals surface area contributed by atoms with Gasteiger partial charge in [0.05, 0.1) is 0 Å². The third-order valence-electron chi connectivity index (χ3n) is 2.48. The lowest BCUT2D eigenvalue weighted by Gasteiger charge is -2.09. The van der Waals surface area contributed by atoms with Crippen LogP contribution in [-0.4, -0.2) is 13.2 Å². The maximum atomic E-state index is 5.60. The topological polar surface area (TPSA) is 35.2 Å². The predicted molar refractivity (Wildman–Crippen MR) is 63.2 cm³/mol. The van der Waals surface area contributed by atoms with E-state index in [0.717, 1.165) is 11.1 Å². The molecule has 0 aliphatic rings. The van der Waals surface area contributed by atoms with Crippen molar-refractivity contribution in [2.75, 3.05) is 13.2 Å². The summed E-state index contributed by atoms with van der Waals surface area (Å²) in [6.45, 7) is 3.21. The fourth-order valence-electron chi connectivity index (χ4n) is 1.72. The van der Waals surface area contributed by atoms with Crippen LogP contribution in [0, 0.1) is 6.92 Å². The van der Waals surface area contributed by atoms with Crippen LogP contribution in [0.3, 0.4) is 0 Å². The summed E-state index contributed by atoms with van der Waals surface area (Å²) in [4.78, 5) is 0. The number of ether oxygens (including phenoxy) is 1. The molecule has 0 spiro atoms. The van der Waals surface area contributed by atoms with Crippen molar-refractivity contribution in [1.82, 2.24) is 0 Å². The van der Waals surface area contributed by atoms with E-state index in [0.29, 0.717) is 13.2 Å². The molecule has 0 heterocycles. The van der Waals surface area contributed by atoms with E-state index < -0.39 is 0 Å². The van der Waals surface area contributed by atoms with Crippen LogP contribution in [0.4, 0.5) is 0 Å². The van der Waals surface area contributed by atoms with E-state index in [2.05, 4.69) is 25.1 Å². The smallest absolute Gasteiger partial charge is 0.127 e. The average molecular weight is 201 g/mol. The highest BCUT2D eigenvalue weighted by Crippen LogP contribution is 2.27. The maximum Gasteiger partial charge on any atom is 0.127 e. The molecule has 2 aromatic carbocycles. The maximum absolute atomic E-state index is 5.60. The molecule has 2 nitrogen and oxygen atoms in total. The van der Waals surface area contributed by atoms with Gasteiger partial charge in [-0.05, 0) is 23.9 Å². The Hall–Kier alpha value is -1.54. The van der Waals surface area contributed by atoms with Gasteiger partial charge in [0.1, 0.15) is 12.4 Å². The zero-order valence-electron chi connectivity index (χ0n) is 8.86. The molecule has 2 rings (SSSR count). The molecule has 0 aromatic heterocycles. The van der Waals surface area contributed by atoms with Crippen LogP contribution in [0.15, 0.2) is 36.4 Å². The molecular formula is C13H15NO. The van der Waals surface area contributed by atoms with Gasteiger partial charge in [-0.3, -0.25) is 0 Å². The monoisotopic (exact) mass is 201 g/mol. The summed E-state index contributed by atoms with van der Waals surface area (Å²) in [5, 5.41) is 2.40. The normalized spacial score (nSPS) is 10.5. The zero-order chi connectivity index (χ0) is 10.7. The summed E-state index contributed by atoms with van der Waals surface area (Å²) in [5.41, 5.74) is 6.69. The van der Waals surface area contributed by atoms with Crippen molar-refractivity contribution in [2.24, 2.45) is 5.73 Å². The Bertz CT molecular complexity index is 465. The van der Waals surface area contributed by atoms with Crippen molar-refractivity contribution in [3.05, 3.63) is 42.0 Å². The van der Waals surface area contributed by atoms with Gasteiger partial charge in [-0.2, -0.15) is 0 Å². The minimum absolute atomic E-state index is 0.544. The average Bonchev–Trinajstić information content (AvgIpc) is 2.29. The standard InChI is InChI=1S/C13H15NO/c1-10-6-7-13(15-9-8-14)12-5-3-2-4-11(10)12/h2-7H,8-9,14H2,1H3. The second-order valence-electron chi connectivity index (χ2n) is 3.56. The lowest BCUT2D eigenvalue weighted by molar-refractivity contribution is 0.332. The van der Waals surface area contributed by atoms with Gasteiger partial charge in [-0.1, -0.05) is 30.3 Å². The molecule has 0 aliphatic carbocycles. The largest absolute Gasteiger partial charge is 0.492 e. The van der Waals surface area contributed by atoms with E-state index >= 15 is 0 Å². The summed E-state index contributed by atoms with van der Waals surface area (Å²) in [5.74, 6) is 0.918. The Balaban J connectivity index is 2.51. The number of fused-ring (bicyclic) bond motifs is 1. The molecule has 78 valence electrons. The highest BCUT2D eigenvalue weighted by atomic mass is 16.5. The molecule has 2 heteroatoms. The fraction of sp³-hybridized carbons (Fsp3) is 0.231. The van der Waals surface area contributed by atoms with Crippen LogP contribution in [0.5, 0.6) is 5.75 Å². The number of benzene rings is 2. The number of rotatable bonds is 3. The third kappa shape index (κ3) is 1.95. The number of nitrogens with two attached hydrogens (primary N) is 1. The van der Waals surface area contributed by atoms with Crippen molar-refractivity contribution in [2.45, 2.75) is 6.92 Å². The second-order valence-corrected chi connectivity index (χ2v) is 3.56. The first-order chi connectivity index (χ1) is 7.33. The minimum atomic E-state index is 0.544. The zero-order valence-corrected chi connectivity index (χ0v) is 8.86. The molecule has 15 heavy (non-hydrogen) atoms. The summed E-state index contributed by atoms with van der Waals surface area (Å²) in [6, 6.07) is 12.3. The fourth-order valence-corrected chi connectivity index (χ4v) is 1.72. The molecule has 2 N–H and O–H groups in total. The summed E-state index contributed by atoms with van der Waals surface area (Å²) >= 11 is 0. The highest BCUT2D eigenvalue weighted by molar-refractivity contribution is 5.90. The van der Waals surface area contributed by atoms with Gasteiger partial charge < -0.3 is 10.5 Å². The lowest BCUT2D eigenvalue weighted by atomic mass is 10.1. The molecule has 0 saturated heterocycles. The third-order valence-corrected chi connectivity index (χ3v) is 2.48. The van der Waals surface area contributed by atoms with Gasteiger partial charge in [-0.25, -0.2) is 0 Å². The molecule has 0 unspecified atom stereocenters. The molecular weight excluding hydrogens is 186 g/mol. The van der Waals surface area contributed by atoms with Crippen LogP contribution >= 0.6 is 0 Å². The van der Waals surface area contributed by atoms with Gasteiger partial charge in [-0.15, -0.1) is 0 Å². The van der Waals surface area contributed by atoms with Gasteiger partial charge in [0.2, 0.25) is 0 Å². The van der Waals surface area contributed by atoms with E-state index in [4.69, 9.17) is 10.5 Å². The summed E-state index contributed by atoms with van der Waals surface area (Å²) < 4.78 is 5.60. The lowest BCUT2D eigenvalue weighted by Crippen LogP contribution is -2.10. The molecule has 0 atom stereocenters. The van der Waals surface area contributed by atoms with Crippen LogP contribution in [-0.2, 0) is 0 Å². The summed E-state index contributed by atoms with van der Waals surface area (Å²) in [7, 11) is 0. The molecule has 0 saturated carbocycles. The molecule has 0 fully saturated rings. The van der Waals surface area contributed by atoms with E-state index in [1.165, 1.54) is 10.9 Å². The SMILES string of the molecule is Cc1ccc(OCCN)c2ccccc12. The first-order valence-corrected chi connectivity index (χ1v) is 5.14. The van der Waals surface area contributed by atoms with Crippen LogP contribution in [0.1, 0.15) is 5.56 Å². The molecule has 0 radical (unpaired) electrons. The molecule has 0 bridgehead atoms. The number of hydrogen-bond donors (Lipinski definition) is 1. The van der Waals surface area contributed by atoms with Crippen molar-refractivity contribution in [3.63, 3.8) is 0 Å². The van der Waals surface area contributed by atoms with E-state index in [1.807, 2.05) is 18.2 Å². The predicted octanol–water partition coefficient (Wildman–Crippen LogP) is 2.49. The minimum Gasteiger partial charge on any atom is -0.492 e. The number of aryl methyl sites for hydroxylation is 1. The van der Waals surface area contributed by atoms with E-state index in [9.17, 15) is 0 Å². The first kappa shape index (κ1) is 9.99. The van der Waals surface area contributed by atoms with Crippen LogP contribution < -0.4 is 10.5 Å². The molecule has 0 amide bonds. The van der Waals surface area contributed by atoms with Gasteiger partial charge in [0.15, 0.2) is 0 Å². The van der Waals surface area contributed by atoms with Crippen LogP contribution in [0.25, 0.3) is 10.8 Å². The van der Waals surface area contributed by atoms with Gasteiger partial charge in [0.25, 0.3) is 0 Å². The first-order valence-electron chi connectivity index (χ1n) is 5.14. The van der Waals surface area contributed by atoms with Crippen molar-refractivity contribution < 1.29 is 4.74 Å². The second kappa shape index (κ2) is 4.32. The van der Waals surface area contributed by atoms with E-state index in [1.54, 1.807) is 0 Å². The Morgan fingerprint density at radius 1 is 1.07 bits per heavy atom. The molecule has 0 aliphatic heterocycles. The van der Waals surface area contributed by atoms with Crippen molar-refractivity contribution >= 4 is 10.8 Å². The molecule has 2 aromatic rings. The Labute approximate surface area is 89.7 Å². The Morgan fingerprint density at radius 2 is 1.80 bits per heavy atom. The van der Waals surface area contributed by atoms with Crippen molar-refractivity contribution in [1.29, 1.82) is 0 Å². The van der Waals surface area contributed by atoms with Gasteiger partial charge in [0, 0.05) is 11.9 Å². The van der Waals surface area contributed by atoms with E-state index in [-0.39, 0.29) is 0 Å². The Kier molecular flexibility index (Phi) is 2.88. The van der Waals surface area contributed by atoms with Gasteiger partial charge >= 0.3 is 0 Å². The van der Waals surface area contributed by atoms with Crippen molar-refractivity contribution in [3.8, 4) is 5.75 Å². The highest BCUT2D eigenvalue weighted by Gasteiger charge is 2.02. The summed E-state index contributed by atoms with van der Waals surface area (Å²) in [6.07, 6.45) is 0. The Morgan fingerprint density at radius 3 is 2.53 bits per heavy atom. The van der Waals surface area contributed by atoms with Crippen LogP contribution in [0.2, 0.25) is 0 Å².